The first kappa shape index (κ1) is 11.9. The summed E-state index contributed by atoms with van der Waals surface area (Å²) in [6, 6.07) is 15.5. The van der Waals surface area contributed by atoms with Gasteiger partial charge in [0.1, 0.15) is 5.82 Å². The Hall–Kier alpha value is -2.88. The molecule has 0 fully saturated rings. The van der Waals surface area contributed by atoms with Gasteiger partial charge in [-0.25, -0.2) is 4.98 Å². The number of aromatic nitrogens is 1. The summed E-state index contributed by atoms with van der Waals surface area (Å²) in [7, 11) is 0. The van der Waals surface area contributed by atoms with E-state index in [1.807, 2.05) is 48.5 Å². The topological polar surface area (TPSA) is 59.2 Å². The summed E-state index contributed by atoms with van der Waals surface area (Å²) in [4.78, 5) is 18.5. The fourth-order valence-corrected chi connectivity index (χ4v) is 2.89. The van der Waals surface area contributed by atoms with Crippen LogP contribution in [0.4, 0.5) is 11.5 Å². The Bertz CT molecular complexity index is 868. The molecule has 1 aromatic heterocycles. The van der Waals surface area contributed by atoms with Gasteiger partial charge in [0.25, 0.3) is 5.91 Å². The minimum absolute atomic E-state index is 0.0186. The number of rotatable bonds is 2. The Morgan fingerprint density at radius 3 is 2.67 bits per heavy atom. The van der Waals surface area contributed by atoms with Crippen molar-refractivity contribution >= 4 is 28.2 Å². The van der Waals surface area contributed by atoms with Gasteiger partial charge in [0.15, 0.2) is 0 Å². The predicted octanol–water partition coefficient (Wildman–Crippen LogP) is 2.98. The minimum Gasteiger partial charge on any atom is -0.383 e. The van der Waals surface area contributed by atoms with Crippen LogP contribution >= 0.6 is 0 Å². The number of nitrogens with zero attached hydrogens (tertiary/aromatic N) is 2. The van der Waals surface area contributed by atoms with Crippen molar-refractivity contribution in [2.75, 3.05) is 10.6 Å². The van der Waals surface area contributed by atoms with Gasteiger partial charge >= 0.3 is 0 Å². The van der Waals surface area contributed by atoms with E-state index in [1.54, 1.807) is 11.1 Å². The van der Waals surface area contributed by atoms with Gasteiger partial charge in [-0.15, -0.1) is 0 Å². The van der Waals surface area contributed by atoms with Crippen LogP contribution in [-0.2, 0) is 6.54 Å². The van der Waals surface area contributed by atoms with E-state index >= 15 is 0 Å². The van der Waals surface area contributed by atoms with Crippen molar-refractivity contribution in [2.24, 2.45) is 0 Å². The Morgan fingerprint density at radius 1 is 1.05 bits per heavy atom. The molecule has 4 heteroatoms. The van der Waals surface area contributed by atoms with Crippen LogP contribution in [0.1, 0.15) is 15.9 Å². The number of carbonyl (C=O) groups excluding carboxylic acids is 1. The lowest BCUT2D eigenvalue weighted by Gasteiger charge is -2.18. The molecule has 0 saturated carbocycles. The van der Waals surface area contributed by atoms with Gasteiger partial charge < -0.3 is 10.6 Å². The Labute approximate surface area is 121 Å². The molecule has 2 N–H and O–H groups in total. The number of nitrogen functional groups attached to an aromatic ring is 1. The second-order valence-corrected chi connectivity index (χ2v) is 5.12. The number of hydrogen-bond acceptors (Lipinski definition) is 3. The van der Waals surface area contributed by atoms with Gasteiger partial charge in [-0.2, -0.15) is 0 Å². The van der Waals surface area contributed by atoms with Crippen molar-refractivity contribution in [1.82, 2.24) is 4.98 Å². The smallest absolute Gasteiger partial charge is 0.259 e. The zero-order valence-electron chi connectivity index (χ0n) is 11.3. The van der Waals surface area contributed by atoms with Crippen LogP contribution in [0.5, 0.6) is 0 Å². The van der Waals surface area contributed by atoms with Gasteiger partial charge in [-0.1, -0.05) is 30.3 Å². The second kappa shape index (κ2) is 4.31. The molecular weight excluding hydrogens is 262 g/mol. The molecule has 0 radical (unpaired) electrons. The fraction of sp³-hybridized carbons (Fsp3) is 0.0588. The van der Waals surface area contributed by atoms with Crippen molar-refractivity contribution in [3.05, 3.63) is 65.9 Å². The average molecular weight is 275 g/mol. The van der Waals surface area contributed by atoms with Crippen LogP contribution in [0.25, 0.3) is 10.8 Å². The van der Waals surface area contributed by atoms with Crippen LogP contribution in [0.3, 0.4) is 0 Å². The third-order valence-electron chi connectivity index (χ3n) is 3.90. The number of amides is 1. The zero-order valence-corrected chi connectivity index (χ0v) is 11.3. The summed E-state index contributed by atoms with van der Waals surface area (Å²) in [6.45, 7) is 0.437. The number of carbonyl (C=O) groups is 1. The van der Waals surface area contributed by atoms with E-state index in [1.165, 1.54) is 0 Å². The largest absolute Gasteiger partial charge is 0.383 e. The third kappa shape index (κ3) is 1.69. The third-order valence-corrected chi connectivity index (χ3v) is 3.90. The zero-order chi connectivity index (χ0) is 14.4. The molecule has 1 aliphatic heterocycles. The van der Waals surface area contributed by atoms with E-state index in [4.69, 9.17) is 5.73 Å². The molecule has 102 valence electrons. The van der Waals surface area contributed by atoms with Gasteiger partial charge in [0, 0.05) is 22.7 Å². The monoisotopic (exact) mass is 275 g/mol. The molecule has 0 aliphatic carbocycles. The van der Waals surface area contributed by atoms with E-state index in [9.17, 15) is 4.79 Å². The summed E-state index contributed by atoms with van der Waals surface area (Å²) < 4.78 is 0. The van der Waals surface area contributed by atoms with Crippen LogP contribution in [0, 0.1) is 0 Å². The number of anilines is 2. The highest BCUT2D eigenvalue weighted by Gasteiger charge is 2.29. The van der Waals surface area contributed by atoms with Crippen LogP contribution < -0.4 is 10.6 Å². The van der Waals surface area contributed by atoms with E-state index in [0.717, 1.165) is 27.6 Å². The normalized spacial score (nSPS) is 13.1. The molecule has 1 aliphatic rings. The Kier molecular flexibility index (Phi) is 2.44. The van der Waals surface area contributed by atoms with E-state index < -0.39 is 0 Å². The average Bonchev–Trinajstić information content (AvgIpc) is 2.78. The standard InChI is InChI=1S/C17H13N3O/c18-16-12(6-3-9-19-16)10-20-14-8-2-5-11-4-1-7-13(15(11)14)17(20)21/h1-9H,10H2,(H2,18,19). The lowest BCUT2D eigenvalue weighted by atomic mass is 10.1. The quantitative estimate of drug-likeness (QED) is 0.782. The summed E-state index contributed by atoms with van der Waals surface area (Å²) in [5.41, 5.74) is 8.45. The maximum Gasteiger partial charge on any atom is 0.259 e. The highest BCUT2D eigenvalue weighted by Crippen LogP contribution is 2.38. The fourth-order valence-electron chi connectivity index (χ4n) is 2.89. The first-order valence-corrected chi connectivity index (χ1v) is 6.78. The molecule has 0 bridgehead atoms. The molecule has 1 amide bonds. The Morgan fingerprint density at radius 2 is 1.86 bits per heavy atom. The van der Waals surface area contributed by atoms with E-state index in [0.29, 0.717) is 12.4 Å². The minimum atomic E-state index is 0.0186. The molecule has 21 heavy (non-hydrogen) atoms. The first-order valence-electron chi connectivity index (χ1n) is 6.78. The highest BCUT2D eigenvalue weighted by molar-refractivity contribution is 6.24. The highest BCUT2D eigenvalue weighted by atomic mass is 16.2. The van der Waals surface area contributed by atoms with Crippen molar-refractivity contribution in [1.29, 1.82) is 0 Å². The number of pyridine rings is 1. The molecule has 0 saturated heterocycles. The maximum absolute atomic E-state index is 12.7. The van der Waals surface area contributed by atoms with Crippen molar-refractivity contribution in [3.8, 4) is 0 Å². The molecule has 0 atom stereocenters. The van der Waals surface area contributed by atoms with Crippen molar-refractivity contribution < 1.29 is 4.79 Å². The molecule has 3 aromatic rings. The van der Waals surface area contributed by atoms with Crippen LogP contribution in [-0.4, -0.2) is 10.9 Å². The maximum atomic E-state index is 12.7. The van der Waals surface area contributed by atoms with Gasteiger partial charge in [0.2, 0.25) is 0 Å². The number of nitrogens with two attached hydrogens (primary N) is 1. The molecule has 0 unspecified atom stereocenters. The lowest BCUT2D eigenvalue weighted by molar-refractivity contribution is 0.0991. The van der Waals surface area contributed by atoms with Gasteiger partial charge in [0.05, 0.1) is 12.2 Å². The van der Waals surface area contributed by atoms with Crippen LogP contribution in [0.2, 0.25) is 0 Å². The van der Waals surface area contributed by atoms with E-state index in [2.05, 4.69) is 4.98 Å². The number of hydrogen-bond donors (Lipinski definition) is 1. The summed E-state index contributed by atoms with van der Waals surface area (Å²) >= 11 is 0. The van der Waals surface area contributed by atoms with Gasteiger partial charge in [-0.3, -0.25) is 4.79 Å². The van der Waals surface area contributed by atoms with Crippen molar-refractivity contribution in [3.63, 3.8) is 0 Å². The molecule has 2 heterocycles. The SMILES string of the molecule is Nc1ncccc1CN1C(=O)c2cccc3cccc1c23. The predicted molar refractivity (Wildman–Crippen MR) is 83.1 cm³/mol. The lowest BCUT2D eigenvalue weighted by Crippen LogP contribution is -2.26. The first-order chi connectivity index (χ1) is 10.3. The Balaban J connectivity index is 1.85. The molecular formula is C17H13N3O. The molecule has 4 nitrogen and oxygen atoms in total. The number of benzene rings is 2. The summed E-state index contributed by atoms with van der Waals surface area (Å²) in [6.07, 6.45) is 1.65. The second-order valence-electron chi connectivity index (χ2n) is 5.12. The summed E-state index contributed by atoms with van der Waals surface area (Å²) in [5, 5.41) is 2.10. The van der Waals surface area contributed by atoms with Crippen molar-refractivity contribution in [2.45, 2.75) is 6.54 Å². The molecule has 0 spiro atoms. The molecule has 2 aromatic carbocycles. The van der Waals surface area contributed by atoms with Crippen LogP contribution in [0.15, 0.2) is 54.7 Å². The summed E-state index contributed by atoms with van der Waals surface area (Å²) in [5.74, 6) is 0.485. The van der Waals surface area contributed by atoms with Gasteiger partial charge in [-0.05, 0) is 23.6 Å². The molecule has 4 rings (SSSR count). The van der Waals surface area contributed by atoms with E-state index in [-0.39, 0.29) is 5.91 Å².